The Morgan fingerprint density at radius 3 is 1.73 bits per heavy atom. The highest BCUT2D eigenvalue weighted by Gasteiger charge is 2.32. The van der Waals surface area contributed by atoms with Crippen molar-refractivity contribution in [3.63, 3.8) is 0 Å². The van der Waals surface area contributed by atoms with Crippen LogP contribution >= 0.6 is 29.3 Å². The van der Waals surface area contributed by atoms with E-state index in [9.17, 15) is 0 Å². The average Bonchev–Trinajstić information content (AvgIpc) is 2.65. The van der Waals surface area contributed by atoms with Crippen LogP contribution in [-0.2, 0) is 0 Å². The van der Waals surface area contributed by atoms with E-state index in [2.05, 4.69) is 79.2 Å². The van der Waals surface area contributed by atoms with E-state index in [0.29, 0.717) is 0 Å². The van der Waals surface area contributed by atoms with E-state index in [1.54, 1.807) is 0 Å². The third-order valence-electron chi connectivity index (χ3n) is 3.99. The summed E-state index contributed by atoms with van der Waals surface area (Å²) >= 11 is 12.8. The van der Waals surface area contributed by atoms with Gasteiger partial charge in [-0.2, -0.15) is 0 Å². The lowest BCUT2D eigenvalue weighted by Crippen LogP contribution is -2.29. The molecule has 114 valence electrons. The van der Waals surface area contributed by atoms with E-state index in [0.717, 1.165) is 0 Å². The van der Waals surface area contributed by atoms with Crippen LogP contribution in [0.3, 0.4) is 0 Å². The summed E-state index contributed by atoms with van der Waals surface area (Å²) in [7, 11) is 0. The lowest BCUT2D eigenvalue weighted by Gasteiger charge is -2.36. The van der Waals surface area contributed by atoms with Crippen molar-refractivity contribution in [2.75, 3.05) is 0 Å². The maximum atomic E-state index is 6.39. The van der Waals surface area contributed by atoms with Gasteiger partial charge in [-0.3, -0.25) is 0 Å². The summed E-state index contributed by atoms with van der Waals surface area (Å²) in [6, 6.07) is 17.3. The first kappa shape index (κ1) is 16.0. The van der Waals surface area contributed by atoms with Crippen LogP contribution in [0.1, 0.15) is 42.1 Å². The van der Waals surface area contributed by atoms with Crippen molar-refractivity contribution >= 4 is 41.4 Å². The van der Waals surface area contributed by atoms with Gasteiger partial charge in [-0.15, -0.1) is 0 Å². The molecule has 1 nitrogen and oxygen atoms in total. The highest BCUT2D eigenvalue weighted by Crippen LogP contribution is 2.58. The smallest absolute Gasteiger partial charge is 0.160 e. The van der Waals surface area contributed by atoms with Crippen LogP contribution in [0.2, 0.25) is 0 Å². The minimum Gasteiger partial charge on any atom is -0.243 e. The van der Waals surface area contributed by atoms with Gasteiger partial charge in [0.05, 0.1) is 6.04 Å². The molecule has 4 heteroatoms. The molecule has 0 atom stereocenters. The van der Waals surface area contributed by atoms with E-state index < -0.39 is 6.78 Å². The van der Waals surface area contributed by atoms with Gasteiger partial charge in [0.25, 0.3) is 0 Å². The summed E-state index contributed by atoms with van der Waals surface area (Å²) in [6.07, 6.45) is 4.36. The molecule has 3 rings (SSSR count). The van der Waals surface area contributed by atoms with Gasteiger partial charge < -0.3 is 0 Å². The van der Waals surface area contributed by atoms with Crippen molar-refractivity contribution < 1.29 is 0 Å². The molecule has 0 heterocycles. The third-order valence-corrected chi connectivity index (χ3v) is 6.08. The summed E-state index contributed by atoms with van der Waals surface area (Å²) in [5.74, 6) is 0. The molecule has 22 heavy (non-hydrogen) atoms. The highest BCUT2D eigenvalue weighted by molar-refractivity contribution is 8.02. The van der Waals surface area contributed by atoms with Gasteiger partial charge in [0, 0.05) is 6.04 Å². The number of rotatable bonds is 3. The normalized spacial score (nSPS) is 14.3. The van der Waals surface area contributed by atoms with E-state index in [1.807, 2.05) is 0 Å². The zero-order valence-corrected chi connectivity index (χ0v) is 15.0. The van der Waals surface area contributed by atoms with Crippen molar-refractivity contribution in [1.29, 1.82) is 0 Å². The Labute approximate surface area is 142 Å². The molecule has 0 fully saturated rings. The first-order chi connectivity index (χ1) is 10.6. The van der Waals surface area contributed by atoms with Gasteiger partial charge in [-0.25, -0.2) is 4.67 Å². The summed E-state index contributed by atoms with van der Waals surface area (Å²) in [5, 5.41) is 0. The van der Waals surface area contributed by atoms with E-state index >= 15 is 0 Å². The Bertz CT molecular complexity index is 639. The zero-order valence-electron chi connectivity index (χ0n) is 12.6. The maximum Gasteiger partial charge on any atom is 0.160 e. The molecular formula is C18H18Cl2NP. The van der Waals surface area contributed by atoms with Gasteiger partial charge in [0.1, 0.15) is 0 Å². The number of benzene rings is 2. The standard InChI is InChI=1S/C18H18Cl2NP/c1-13(2)21(22(19)20)18-16-9-5-3-7-14(16)11-12-15-8-4-6-10-17(15)18/h3-13,18H,1-2H3. The number of nitrogens with zero attached hydrogens (tertiary/aromatic N) is 1. The van der Waals surface area contributed by atoms with Crippen molar-refractivity contribution in [1.82, 2.24) is 4.67 Å². The number of fused-ring (bicyclic) bond motifs is 2. The SMILES string of the molecule is CC(C)N(C1c2ccccc2C=Cc2ccccc21)P(Cl)Cl. The topological polar surface area (TPSA) is 3.24 Å². The lowest BCUT2D eigenvalue weighted by atomic mass is 9.93. The predicted octanol–water partition coefficient (Wildman–Crippen LogP) is 6.67. The first-order valence-corrected chi connectivity index (χ1v) is 10.5. The maximum absolute atomic E-state index is 6.39. The average molecular weight is 350 g/mol. The quantitative estimate of drug-likeness (QED) is 0.559. The molecule has 2 aromatic rings. The van der Waals surface area contributed by atoms with Crippen LogP contribution in [0.5, 0.6) is 0 Å². The molecule has 0 amide bonds. The molecule has 0 spiro atoms. The predicted molar refractivity (Wildman–Crippen MR) is 99.3 cm³/mol. The molecule has 0 aromatic heterocycles. The lowest BCUT2D eigenvalue weighted by molar-refractivity contribution is 0.336. The molecule has 0 radical (unpaired) electrons. The van der Waals surface area contributed by atoms with Crippen molar-refractivity contribution in [3.8, 4) is 0 Å². The second kappa shape index (κ2) is 6.72. The van der Waals surface area contributed by atoms with Crippen molar-refractivity contribution in [3.05, 3.63) is 70.8 Å². The Balaban J connectivity index is 2.25. The minimum absolute atomic E-state index is 0.0727. The Kier molecular flexibility index (Phi) is 4.90. The second-order valence-corrected chi connectivity index (χ2v) is 9.01. The largest absolute Gasteiger partial charge is 0.243 e. The highest BCUT2D eigenvalue weighted by atomic mass is 35.9. The molecule has 1 aliphatic rings. The van der Waals surface area contributed by atoms with Crippen LogP contribution in [0.4, 0.5) is 0 Å². The Morgan fingerprint density at radius 1 is 0.864 bits per heavy atom. The first-order valence-electron chi connectivity index (χ1n) is 7.35. The van der Waals surface area contributed by atoms with Crippen LogP contribution < -0.4 is 0 Å². The van der Waals surface area contributed by atoms with Crippen molar-refractivity contribution in [2.24, 2.45) is 0 Å². The van der Waals surface area contributed by atoms with Gasteiger partial charge in [-0.05, 0) is 36.1 Å². The molecule has 0 saturated carbocycles. The van der Waals surface area contributed by atoms with Gasteiger partial charge >= 0.3 is 0 Å². The van der Waals surface area contributed by atoms with Crippen LogP contribution in [0.25, 0.3) is 12.2 Å². The number of halogens is 2. The minimum atomic E-state index is -1.24. The molecule has 0 unspecified atom stereocenters. The molecule has 0 N–H and O–H groups in total. The molecule has 2 aromatic carbocycles. The van der Waals surface area contributed by atoms with Crippen LogP contribution in [0, 0.1) is 0 Å². The van der Waals surface area contributed by atoms with Crippen LogP contribution in [-0.4, -0.2) is 10.7 Å². The zero-order chi connectivity index (χ0) is 15.7. The van der Waals surface area contributed by atoms with Crippen LogP contribution in [0.15, 0.2) is 48.5 Å². The Hall–Kier alpha value is -0.850. The molecule has 0 bridgehead atoms. The molecular weight excluding hydrogens is 332 g/mol. The number of hydrogen-bond acceptors (Lipinski definition) is 1. The van der Waals surface area contributed by atoms with Gasteiger partial charge in [-0.1, -0.05) is 83.2 Å². The Morgan fingerprint density at radius 2 is 1.32 bits per heavy atom. The summed E-state index contributed by atoms with van der Waals surface area (Å²) in [6.45, 7) is 3.05. The fourth-order valence-electron chi connectivity index (χ4n) is 3.02. The number of hydrogen-bond donors (Lipinski definition) is 0. The summed E-state index contributed by atoms with van der Waals surface area (Å²) < 4.78 is 2.21. The molecule has 1 aliphatic carbocycles. The van der Waals surface area contributed by atoms with Gasteiger partial charge in [0.15, 0.2) is 6.78 Å². The fraction of sp³-hybridized carbons (Fsp3) is 0.222. The fourth-order valence-corrected chi connectivity index (χ4v) is 5.36. The molecule has 0 saturated heterocycles. The summed E-state index contributed by atoms with van der Waals surface area (Å²) in [5.41, 5.74) is 4.96. The van der Waals surface area contributed by atoms with Crippen molar-refractivity contribution in [2.45, 2.75) is 25.9 Å². The second-order valence-electron chi connectivity index (χ2n) is 5.68. The third kappa shape index (κ3) is 2.96. The monoisotopic (exact) mass is 349 g/mol. The summed E-state index contributed by atoms with van der Waals surface area (Å²) in [4.78, 5) is 0. The van der Waals surface area contributed by atoms with Gasteiger partial charge in [0.2, 0.25) is 0 Å². The van der Waals surface area contributed by atoms with E-state index in [4.69, 9.17) is 22.5 Å². The van der Waals surface area contributed by atoms with E-state index in [-0.39, 0.29) is 12.1 Å². The van der Waals surface area contributed by atoms with E-state index in [1.165, 1.54) is 22.3 Å². The molecule has 0 aliphatic heterocycles.